The maximum atomic E-state index is 12.6. The van der Waals surface area contributed by atoms with Gasteiger partial charge in [-0.1, -0.05) is 6.07 Å². The topological polar surface area (TPSA) is 123 Å². The first-order valence-electron chi connectivity index (χ1n) is 8.67. The summed E-state index contributed by atoms with van der Waals surface area (Å²) in [5, 5.41) is 26.1. The molecule has 4 N–H and O–H groups in total. The van der Waals surface area contributed by atoms with E-state index in [4.69, 9.17) is 17.0 Å². The summed E-state index contributed by atoms with van der Waals surface area (Å²) in [5.41, 5.74) is 3.48. The smallest absolute Gasteiger partial charge is 0.243 e. The summed E-state index contributed by atoms with van der Waals surface area (Å²) in [6, 6.07) is 10.7. The summed E-state index contributed by atoms with van der Waals surface area (Å²) in [5.74, 6) is -0.532. The lowest BCUT2D eigenvalue weighted by Crippen LogP contribution is -2.40. The fourth-order valence-corrected chi connectivity index (χ4v) is 4.20. The maximum absolute atomic E-state index is 12.6. The molecule has 0 bridgehead atoms. The molecule has 29 heavy (non-hydrogen) atoms. The van der Waals surface area contributed by atoms with Crippen LogP contribution in [-0.2, 0) is 14.8 Å². The number of ether oxygens (including phenoxy) is 1. The number of nitrogens with zero attached hydrogens (tertiary/aromatic N) is 2. The molecule has 0 atom stereocenters. The van der Waals surface area contributed by atoms with Crippen LogP contribution in [0, 0.1) is 0 Å². The summed E-state index contributed by atoms with van der Waals surface area (Å²) in [6.07, 6.45) is 1.31. The van der Waals surface area contributed by atoms with Crippen molar-refractivity contribution in [1.82, 2.24) is 9.73 Å². The quantitative estimate of drug-likeness (QED) is 0.240. The Labute approximate surface area is 173 Å². The minimum absolute atomic E-state index is 0.171. The Hall–Kier alpha value is -2.73. The van der Waals surface area contributed by atoms with E-state index in [0.29, 0.717) is 37.6 Å². The number of nitrogens with one attached hydrogen (secondary N) is 2. The van der Waals surface area contributed by atoms with Crippen LogP contribution in [-0.4, -0.2) is 60.6 Å². The molecule has 154 valence electrons. The number of thiocarbonyl (C=S) groups is 1. The van der Waals surface area contributed by atoms with Crippen LogP contribution in [0.1, 0.15) is 5.56 Å². The first-order chi connectivity index (χ1) is 13.9. The van der Waals surface area contributed by atoms with Gasteiger partial charge in [-0.2, -0.15) is 9.41 Å². The lowest BCUT2D eigenvalue weighted by Gasteiger charge is -2.26. The number of phenols is 2. The largest absolute Gasteiger partial charge is 0.504 e. The van der Waals surface area contributed by atoms with Crippen LogP contribution < -0.4 is 10.7 Å². The van der Waals surface area contributed by atoms with Gasteiger partial charge in [0.15, 0.2) is 16.6 Å². The first kappa shape index (κ1) is 21.0. The Balaban J connectivity index is 1.58. The van der Waals surface area contributed by atoms with Gasteiger partial charge in [0.1, 0.15) is 0 Å². The van der Waals surface area contributed by atoms with Gasteiger partial charge in [0.2, 0.25) is 10.0 Å². The normalized spacial score (nSPS) is 15.3. The molecule has 1 aliphatic heterocycles. The monoisotopic (exact) mass is 436 g/mol. The van der Waals surface area contributed by atoms with E-state index in [2.05, 4.69) is 15.8 Å². The number of phenolic OH excluding ortho intramolecular Hbond substituents is 2. The Morgan fingerprint density at radius 1 is 1.14 bits per heavy atom. The molecule has 0 aromatic heterocycles. The minimum Gasteiger partial charge on any atom is -0.504 e. The van der Waals surface area contributed by atoms with E-state index in [9.17, 15) is 18.6 Å². The van der Waals surface area contributed by atoms with Crippen LogP contribution in [0.15, 0.2) is 52.5 Å². The highest BCUT2D eigenvalue weighted by atomic mass is 32.2. The Bertz CT molecular complexity index is 1000. The number of sulfonamides is 1. The minimum atomic E-state index is -3.55. The Morgan fingerprint density at radius 3 is 2.52 bits per heavy atom. The van der Waals surface area contributed by atoms with E-state index in [1.165, 1.54) is 28.7 Å². The number of anilines is 1. The van der Waals surface area contributed by atoms with Crippen molar-refractivity contribution < 1.29 is 23.4 Å². The van der Waals surface area contributed by atoms with Crippen LogP contribution >= 0.6 is 12.2 Å². The second-order valence-electron chi connectivity index (χ2n) is 6.08. The van der Waals surface area contributed by atoms with Gasteiger partial charge < -0.3 is 20.3 Å². The van der Waals surface area contributed by atoms with Gasteiger partial charge in [-0.3, -0.25) is 5.43 Å². The van der Waals surface area contributed by atoms with Crippen LogP contribution in [0.3, 0.4) is 0 Å². The number of benzene rings is 2. The first-order valence-corrected chi connectivity index (χ1v) is 10.5. The molecule has 1 heterocycles. The lowest BCUT2D eigenvalue weighted by molar-refractivity contribution is 0.0730. The number of para-hydroxylation sites is 1. The van der Waals surface area contributed by atoms with Crippen molar-refractivity contribution in [2.75, 3.05) is 31.6 Å². The maximum Gasteiger partial charge on any atom is 0.243 e. The third-order valence-corrected chi connectivity index (χ3v) is 6.24. The molecule has 2 aromatic carbocycles. The molecule has 2 aromatic rings. The molecule has 1 aliphatic rings. The number of hydrogen-bond donors (Lipinski definition) is 4. The molecule has 0 saturated carbocycles. The van der Waals surface area contributed by atoms with Crippen LogP contribution in [0.5, 0.6) is 11.5 Å². The van der Waals surface area contributed by atoms with Crippen molar-refractivity contribution in [3.8, 4) is 11.5 Å². The average Bonchev–Trinajstić information content (AvgIpc) is 2.72. The van der Waals surface area contributed by atoms with Crippen LogP contribution in [0.25, 0.3) is 0 Å². The molecule has 0 amide bonds. The molecule has 9 nitrogen and oxygen atoms in total. The zero-order chi connectivity index (χ0) is 20.9. The molecule has 0 unspecified atom stereocenters. The summed E-state index contributed by atoms with van der Waals surface area (Å²) >= 11 is 5.13. The zero-order valence-electron chi connectivity index (χ0n) is 15.3. The van der Waals surface area contributed by atoms with Gasteiger partial charge in [0.25, 0.3) is 0 Å². The third-order valence-electron chi connectivity index (χ3n) is 4.14. The second kappa shape index (κ2) is 9.18. The molecular formula is C18H20N4O5S2. The van der Waals surface area contributed by atoms with Crippen molar-refractivity contribution in [3.63, 3.8) is 0 Å². The van der Waals surface area contributed by atoms with Gasteiger partial charge in [-0.05, 0) is 48.6 Å². The number of hydrazone groups is 1. The SMILES string of the molecule is O=S(=O)(c1ccc(NC(=S)NN=Cc2cccc(O)c2O)cc1)N1CCOCC1. The average molecular weight is 437 g/mol. The Kier molecular flexibility index (Phi) is 6.64. The van der Waals surface area contributed by atoms with Gasteiger partial charge >= 0.3 is 0 Å². The Morgan fingerprint density at radius 2 is 1.83 bits per heavy atom. The van der Waals surface area contributed by atoms with E-state index < -0.39 is 10.0 Å². The summed E-state index contributed by atoms with van der Waals surface area (Å²) < 4.78 is 31.8. The van der Waals surface area contributed by atoms with Gasteiger partial charge in [-0.25, -0.2) is 8.42 Å². The summed E-state index contributed by atoms with van der Waals surface area (Å²) in [6.45, 7) is 1.45. The van der Waals surface area contributed by atoms with Gasteiger partial charge in [-0.15, -0.1) is 0 Å². The van der Waals surface area contributed by atoms with E-state index in [1.54, 1.807) is 24.3 Å². The highest BCUT2D eigenvalue weighted by molar-refractivity contribution is 7.89. The molecule has 0 aliphatic carbocycles. The highest BCUT2D eigenvalue weighted by Gasteiger charge is 2.26. The van der Waals surface area contributed by atoms with E-state index >= 15 is 0 Å². The highest BCUT2D eigenvalue weighted by Crippen LogP contribution is 2.26. The van der Waals surface area contributed by atoms with Crippen molar-refractivity contribution >= 4 is 39.3 Å². The fraction of sp³-hybridized carbons (Fsp3) is 0.222. The fourth-order valence-electron chi connectivity index (χ4n) is 2.62. The van der Waals surface area contributed by atoms with Crippen molar-refractivity contribution in [3.05, 3.63) is 48.0 Å². The lowest BCUT2D eigenvalue weighted by atomic mass is 10.2. The molecule has 1 fully saturated rings. The van der Waals surface area contributed by atoms with Gasteiger partial charge in [0.05, 0.1) is 24.3 Å². The van der Waals surface area contributed by atoms with Gasteiger partial charge in [0, 0.05) is 24.3 Å². The number of rotatable bonds is 5. The molecule has 0 spiro atoms. The number of hydrogen-bond acceptors (Lipinski definition) is 7. The molecule has 11 heteroatoms. The van der Waals surface area contributed by atoms with E-state index in [0.717, 1.165) is 0 Å². The second-order valence-corrected chi connectivity index (χ2v) is 8.43. The molecular weight excluding hydrogens is 416 g/mol. The number of morpholine rings is 1. The molecule has 0 radical (unpaired) electrons. The summed E-state index contributed by atoms with van der Waals surface area (Å²) in [4.78, 5) is 0.196. The van der Waals surface area contributed by atoms with E-state index in [1.807, 2.05) is 0 Å². The standard InChI is InChI=1S/C18H20N4O5S2/c23-16-3-1-2-13(17(16)24)12-19-21-18(28)20-14-4-6-15(7-5-14)29(25,26)22-8-10-27-11-9-22/h1-7,12,23-24H,8-11H2,(H2,20,21,28). The van der Waals surface area contributed by atoms with Crippen molar-refractivity contribution in [2.45, 2.75) is 4.90 Å². The van der Waals surface area contributed by atoms with Crippen LogP contribution in [0.2, 0.25) is 0 Å². The molecule has 1 saturated heterocycles. The number of aromatic hydroxyl groups is 2. The van der Waals surface area contributed by atoms with Crippen LogP contribution in [0.4, 0.5) is 5.69 Å². The predicted octanol–water partition coefficient (Wildman–Crippen LogP) is 1.44. The summed E-state index contributed by atoms with van der Waals surface area (Å²) in [7, 11) is -3.55. The van der Waals surface area contributed by atoms with Crippen molar-refractivity contribution in [2.24, 2.45) is 5.10 Å². The molecule has 3 rings (SSSR count). The third kappa shape index (κ3) is 5.21. The zero-order valence-corrected chi connectivity index (χ0v) is 16.9. The van der Waals surface area contributed by atoms with Crippen molar-refractivity contribution in [1.29, 1.82) is 0 Å². The predicted molar refractivity (Wildman–Crippen MR) is 113 cm³/mol. The van der Waals surface area contributed by atoms with E-state index in [-0.39, 0.29) is 21.5 Å².